The van der Waals surface area contributed by atoms with Gasteiger partial charge in [0.15, 0.2) is 0 Å². The summed E-state index contributed by atoms with van der Waals surface area (Å²) in [7, 11) is 0.206. The number of rotatable bonds is 2. The van der Waals surface area contributed by atoms with E-state index in [4.69, 9.17) is 0 Å². The number of carbonyl (C=O) groups is 1. The van der Waals surface area contributed by atoms with E-state index < -0.39 is 16.8 Å². The number of methoxy groups -OCH3 is 1. The fourth-order valence-electron chi connectivity index (χ4n) is 0.964. The van der Waals surface area contributed by atoms with E-state index in [0.29, 0.717) is 14.9 Å². The molecule has 1 aromatic carbocycles. The minimum Gasteiger partial charge on any atom is -0.465 e. The maximum atomic E-state index is 11.2. The maximum Gasteiger partial charge on any atom is 0.337 e. The van der Waals surface area contributed by atoms with Crippen molar-refractivity contribution < 1.29 is 13.7 Å². The van der Waals surface area contributed by atoms with Gasteiger partial charge in [-0.15, -0.1) is 0 Å². The molecule has 0 aromatic heterocycles. The summed E-state index contributed by atoms with van der Waals surface area (Å²) in [5.74, 6) is -0.432. The van der Waals surface area contributed by atoms with Gasteiger partial charge < -0.3 is 4.74 Å². The predicted molar refractivity (Wildman–Crippen MR) is 69.2 cm³/mol. The molecule has 0 aliphatic rings. The lowest BCUT2D eigenvalue weighted by Gasteiger charge is -2.02. The van der Waals surface area contributed by atoms with Crippen molar-refractivity contribution in [2.24, 2.45) is 0 Å². The van der Waals surface area contributed by atoms with Gasteiger partial charge in [0.1, 0.15) is 0 Å². The van der Waals surface area contributed by atoms with Crippen molar-refractivity contribution in [3.05, 3.63) is 28.2 Å². The third-order valence-corrected chi connectivity index (χ3v) is 2.98. The summed E-state index contributed by atoms with van der Waals surface area (Å²) in [6.07, 6.45) is 1.56. The molecule has 0 N–H and O–H groups in total. The normalized spacial score (nSPS) is 11.1. The predicted octanol–water partition coefficient (Wildman–Crippen LogP) is 3.00. The molecular formula is C11H15BrO3S. The van der Waals surface area contributed by atoms with Gasteiger partial charge in [0, 0.05) is 26.4 Å². The second-order valence-corrected chi connectivity index (χ2v) is 4.92. The fraction of sp³-hybridized carbons (Fsp3) is 0.364. The first-order valence-corrected chi connectivity index (χ1v) is 7.12. The Morgan fingerprint density at radius 3 is 2.31 bits per heavy atom. The molecule has 1 rings (SSSR count). The summed E-state index contributed by atoms with van der Waals surface area (Å²) in [5.41, 5.74) is 0.395. The van der Waals surface area contributed by atoms with E-state index >= 15 is 0 Å². The molecule has 0 bridgehead atoms. The maximum absolute atomic E-state index is 11.2. The number of hydrogen-bond donors (Lipinski definition) is 0. The highest BCUT2D eigenvalue weighted by Crippen LogP contribution is 2.18. The van der Waals surface area contributed by atoms with Gasteiger partial charge in [0.05, 0.1) is 12.7 Å². The Bertz CT molecular complexity index is 391. The van der Waals surface area contributed by atoms with Crippen LogP contribution in [-0.2, 0) is 15.5 Å². The fourth-order valence-corrected chi connectivity index (χ4v) is 2.20. The molecule has 0 aliphatic carbocycles. The number of esters is 1. The van der Waals surface area contributed by atoms with Gasteiger partial charge in [0.2, 0.25) is 0 Å². The number of ether oxygens (including phenoxy) is 1. The Morgan fingerprint density at radius 1 is 1.31 bits per heavy atom. The zero-order valence-electron chi connectivity index (χ0n) is 9.74. The molecule has 5 heteroatoms. The van der Waals surface area contributed by atoms with Crippen LogP contribution in [0.4, 0.5) is 0 Å². The quantitative estimate of drug-likeness (QED) is 0.789. The van der Waals surface area contributed by atoms with Gasteiger partial charge in [-0.25, -0.2) is 4.79 Å². The highest BCUT2D eigenvalue weighted by Gasteiger charge is 2.09. The summed E-state index contributed by atoms with van der Waals surface area (Å²) in [4.78, 5) is 11.8. The van der Waals surface area contributed by atoms with Crippen LogP contribution in [0.5, 0.6) is 0 Å². The Labute approximate surface area is 107 Å². The summed E-state index contributed by atoms with van der Waals surface area (Å²) in [5, 5.41) is 0. The van der Waals surface area contributed by atoms with Gasteiger partial charge in [-0.2, -0.15) is 0 Å². The molecule has 16 heavy (non-hydrogen) atoms. The molecule has 1 aromatic rings. The molecule has 1 atom stereocenters. The second-order valence-electron chi connectivity index (χ2n) is 2.62. The van der Waals surface area contributed by atoms with Crippen LogP contribution in [0.1, 0.15) is 24.2 Å². The molecule has 0 spiro atoms. The second kappa shape index (κ2) is 7.57. The summed E-state index contributed by atoms with van der Waals surface area (Å²) in [6, 6.07) is 4.90. The molecule has 0 aliphatic heterocycles. The lowest BCUT2D eigenvalue weighted by molar-refractivity contribution is 0.0600. The third-order valence-electron chi connectivity index (χ3n) is 1.62. The van der Waals surface area contributed by atoms with Gasteiger partial charge in [-0.1, -0.05) is 29.8 Å². The van der Waals surface area contributed by atoms with Crippen LogP contribution in [0, 0.1) is 0 Å². The zero-order chi connectivity index (χ0) is 12.7. The lowest BCUT2D eigenvalue weighted by Crippen LogP contribution is -2.02. The smallest absolute Gasteiger partial charge is 0.337 e. The molecular weight excluding hydrogens is 292 g/mol. The Kier molecular flexibility index (Phi) is 7.25. The average molecular weight is 307 g/mol. The molecule has 0 fully saturated rings. The number of halogens is 1. The van der Waals surface area contributed by atoms with Crippen LogP contribution in [0.15, 0.2) is 27.6 Å². The Morgan fingerprint density at radius 2 is 1.88 bits per heavy atom. The molecule has 1 unspecified atom stereocenters. The topological polar surface area (TPSA) is 43.4 Å². The first-order chi connectivity index (χ1) is 7.54. The lowest BCUT2D eigenvalue weighted by atomic mass is 10.2. The zero-order valence-corrected chi connectivity index (χ0v) is 12.1. The van der Waals surface area contributed by atoms with Crippen LogP contribution in [-0.4, -0.2) is 23.5 Å². The summed E-state index contributed by atoms with van der Waals surface area (Å²) in [6.45, 7) is 4.00. The van der Waals surface area contributed by atoms with E-state index in [2.05, 4.69) is 20.7 Å². The van der Waals surface area contributed by atoms with Crippen molar-refractivity contribution >= 4 is 32.7 Å². The molecule has 0 saturated carbocycles. The van der Waals surface area contributed by atoms with Gasteiger partial charge >= 0.3 is 5.97 Å². The standard InChI is InChI=1S/C9H9BrO3S.C2H6/c1-13-9(11)6-3-7(10)5-8(4-6)14(2)12;1-2/h3-5H,1-2H3;1-2H3. The largest absolute Gasteiger partial charge is 0.465 e. The van der Waals surface area contributed by atoms with Gasteiger partial charge in [-0.3, -0.25) is 4.21 Å². The SMILES string of the molecule is CC.COC(=O)c1cc(Br)cc(S(C)=O)c1. The van der Waals surface area contributed by atoms with Crippen molar-refractivity contribution in [1.29, 1.82) is 0 Å². The monoisotopic (exact) mass is 306 g/mol. The van der Waals surface area contributed by atoms with Crippen LogP contribution < -0.4 is 0 Å². The van der Waals surface area contributed by atoms with Crippen LogP contribution in [0.25, 0.3) is 0 Å². The van der Waals surface area contributed by atoms with E-state index in [1.807, 2.05) is 13.8 Å². The molecule has 0 amide bonds. The van der Waals surface area contributed by atoms with Gasteiger partial charge in [0.25, 0.3) is 0 Å². The van der Waals surface area contributed by atoms with E-state index in [1.54, 1.807) is 24.5 Å². The highest BCUT2D eigenvalue weighted by atomic mass is 79.9. The van der Waals surface area contributed by atoms with E-state index in [1.165, 1.54) is 7.11 Å². The van der Waals surface area contributed by atoms with Crippen LogP contribution in [0.3, 0.4) is 0 Å². The van der Waals surface area contributed by atoms with E-state index in [9.17, 15) is 9.00 Å². The molecule has 0 heterocycles. The highest BCUT2D eigenvalue weighted by molar-refractivity contribution is 9.10. The molecule has 0 radical (unpaired) electrons. The average Bonchev–Trinajstić information content (AvgIpc) is 2.29. The van der Waals surface area contributed by atoms with Crippen LogP contribution >= 0.6 is 15.9 Å². The first kappa shape index (κ1) is 15.3. The van der Waals surface area contributed by atoms with Crippen molar-refractivity contribution in [3.8, 4) is 0 Å². The summed E-state index contributed by atoms with van der Waals surface area (Å²) < 4.78 is 16.5. The van der Waals surface area contributed by atoms with Gasteiger partial charge in [-0.05, 0) is 18.2 Å². The minimum absolute atomic E-state index is 0.395. The number of carbonyl (C=O) groups excluding carboxylic acids is 1. The third kappa shape index (κ3) is 4.45. The minimum atomic E-state index is -1.11. The number of hydrogen-bond acceptors (Lipinski definition) is 3. The van der Waals surface area contributed by atoms with Crippen molar-refractivity contribution in [2.75, 3.05) is 13.4 Å². The van der Waals surface area contributed by atoms with E-state index in [-0.39, 0.29) is 0 Å². The number of benzene rings is 1. The van der Waals surface area contributed by atoms with Crippen LogP contribution in [0.2, 0.25) is 0 Å². The first-order valence-electron chi connectivity index (χ1n) is 4.77. The molecule has 3 nitrogen and oxygen atoms in total. The van der Waals surface area contributed by atoms with Crippen molar-refractivity contribution in [3.63, 3.8) is 0 Å². The summed E-state index contributed by atoms with van der Waals surface area (Å²) >= 11 is 3.24. The molecule has 90 valence electrons. The van der Waals surface area contributed by atoms with Crippen molar-refractivity contribution in [1.82, 2.24) is 0 Å². The Hall–Kier alpha value is -0.680. The van der Waals surface area contributed by atoms with E-state index in [0.717, 1.165) is 0 Å². The Balaban J connectivity index is 0.00000106. The molecule has 0 saturated heterocycles. The van der Waals surface area contributed by atoms with Crippen molar-refractivity contribution in [2.45, 2.75) is 18.7 Å².